The molecule has 1 saturated heterocycles. The number of halogens is 1. The number of aryl methyl sites for hydroxylation is 1. The third-order valence-electron chi connectivity index (χ3n) is 5.81. The van der Waals surface area contributed by atoms with E-state index >= 15 is 0 Å². The molecule has 0 spiro atoms. The van der Waals surface area contributed by atoms with E-state index < -0.39 is 0 Å². The summed E-state index contributed by atoms with van der Waals surface area (Å²) in [5.41, 5.74) is 3.16. The Labute approximate surface area is 199 Å². The first-order chi connectivity index (χ1) is 16.0. The minimum absolute atomic E-state index is 0.0740. The molecular weight excluding hydrogens is 458 g/mol. The highest BCUT2D eigenvalue weighted by Gasteiger charge is 2.23. The van der Waals surface area contributed by atoms with Gasteiger partial charge in [-0.25, -0.2) is 4.98 Å². The second-order valence-electron chi connectivity index (χ2n) is 8.08. The molecule has 2 aromatic heterocycles. The van der Waals surface area contributed by atoms with Crippen molar-refractivity contribution in [3.8, 4) is 10.6 Å². The molecule has 0 bridgehead atoms. The van der Waals surface area contributed by atoms with Crippen LogP contribution in [0.2, 0.25) is 5.02 Å². The van der Waals surface area contributed by atoms with Crippen LogP contribution in [0.1, 0.15) is 21.6 Å². The molecule has 1 fully saturated rings. The topological polar surface area (TPSA) is 70.8 Å². The minimum atomic E-state index is -0.195. The number of carbonyl (C=O) groups is 1. The van der Waals surface area contributed by atoms with Crippen molar-refractivity contribution in [2.24, 2.45) is 0 Å². The van der Waals surface area contributed by atoms with Crippen molar-refractivity contribution in [1.29, 1.82) is 0 Å². The summed E-state index contributed by atoms with van der Waals surface area (Å²) in [4.78, 5) is 34.9. The highest BCUT2D eigenvalue weighted by atomic mass is 35.5. The Morgan fingerprint density at radius 2 is 1.79 bits per heavy atom. The van der Waals surface area contributed by atoms with Crippen molar-refractivity contribution in [2.75, 3.05) is 26.2 Å². The van der Waals surface area contributed by atoms with Crippen molar-refractivity contribution in [3.63, 3.8) is 0 Å². The maximum absolute atomic E-state index is 12.9. The largest absolute Gasteiger partial charge is 0.336 e. The SMILES string of the molecule is Cc1ccccc1C(=O)N1CCN(Cc2cc(=O)n3nc(-c4ccc(Cl)cc4)sc3n2)CC1. The van der Waals surface area contributed by atoms with Gasteiger partial charge in [0.15, 0.2) is 0 Å². The van der Waals surface area contributed by atoms with Gasteiger partial charge in [0.2, 0.25) is 4.96 Å². The van der Waals surface area contributed by atoms with Crippen LogP contribution in [0.3, 0.4) is 0 Å². The van der Waals surface area contributed by atoms with Crippen molar-refractivity contribution in [3.05, 3.63) is 86.8 Å². The van der Waals surface area contributed by atoms with Crippen LogP contribution in [-0.4, -0.2) is 56.5 Å². The predicted octanol–water partition coefficient (Wildman–Crippen LogP) is 3.74. The fourth-order valence-electron chi connectivity index (χ4n) is 3.97. The van der Waals surface area contributed by atoms with E-state index in [0.29, 0.717) is 35.3 Å². The zero-order valence-electron chi connectivity index (χ0n) is 18.1. The average Bonchev–Trinajstić information content (AvgIpc) is 3.25. The summed E-state index contributed by atoms with van der Waals surface area (Å²) in [6.07, 6.45) is 0. The van der Waals surface area contributed by atoms with Crippen LogP contribution in [0, 0.1) is 6.92 Å². The number of hydrogen-bond acceptors (Lipinski definition) is 6. The molecule has 0 atom stereocenters. The number of aromatic nitrogens is 3. The second kappa shape index (κ2) is 9.05. The van der Waals surface area contributed by atoms with E-state index in [1.165, 1.54) is 15.9 Å². The molecule has 5 rings (SSSR count). The first-order valence-corrected chi connectivity index (χ1v) is 11.9. The Kier molecular flexibility index (Phi) is 5.97. The van der Waals surface area contributed by atoms with Crippen molar-refractivity contribution in [1.82, 2.24) is 24.4 Å². The fourth-order valence-corrected chi connectivity index (χ4v) is 5.02. The Hall–Kier alpha value is -3.07. The predicted molar refractivity (Wildman–Crippen MR) is 130 cm³/mol. The van der Waals surface area contributed by atoms with Gasteiger partial charge in [-0.3, -0.25) is 14.5 Å². The molecule has 1 amide bonds. The fraction of sp³-hybridized carbons (Fsp3) is 0.250. The molecule has 1 aliphatic heterocycles. The van der Waals surface area contributed by atoms with Gasteiger partial charge in [-0.2, -0.15) is 9.61 Å². The summed E-state index contributed by atoms with van der Waals surface area (Å²) in [5.74, 6) is 0.0740. The first kappa shape index (κ1) is 21.8. The molecule has 2 aromatic carbocycles. The molecule has 0 radical (unpaired) electrons. The Balaban J connectivity index is 1.28. The molecule has 1 aliphatic rings. The van der Waals surface area contributed by atoms with Gasteiger partial charge in [-0.1, -0.05) is 53.3 Å². The third-order valence-corrected chi connectivity index (χ3v) is 7.02. The summed E-state index contributed by atoms with van der Waals surface area (Å²) in [6, 6.07) is 16.6. The Morgan fingerprint density at radius 3 is 2.52 bits per heavy atom. The van der Waals surface area contributed by atoms with Gasteiger partial charge in [0.05, 0.1) is 5.69 Å². The van der Waals surface area contributed by atoms with Crippen LogP contribution in [-0.2, 0) is 6.54 Å². The molecule has 7 nitrogen and oxygen atoms in total. The number of nitrogens with zero attached hydrogens (tertiary/aromatic N) is 5. The van der Waals surface area contributed by atoms with E-state index in [4.69, 9.17) is 11.6 Å². The van der Waals surface area contributed by atoms with Crippen LogP contribution in [0.5, 0.6) is 0 Å². The average molecular weight is 480 g/mol. The zero-order chi connectivity index (χ0) is 22.9. The van der Waals surface area contributed by atoms with Crippen molar-refractivity contribution < 1.29 is 4.79 Å². The molecule has 0 saturated carbocycles. The number of rotatable bonds is 4. The quantitative estimate of drug-likeness (QED) is 0.446. The molecule has 33 heavy (non-hydrogen) atoms. The van der Waals surface area contributed by atoms with Crippen molar-refractivity contribution in [2.45, 2.75) is 13.5 Å². The normalized spacial score (nSPS) is 14.7. The molecule has 0 aliphatic carbocycles. The van der Waals surface area contributed by atoms with Gasteiger partial charge in [-0.05, 0) is 30.7 Å². The van der Waals surface area contributed by atoms with Crippen molar-refractivity contribution >= 4 is 33.8 Å². The molecule has 3 heterocycles. The lowest BCUT2D eigenvalue weighted by molar-refractivity contribution is 0.0626. The highest BCUT2D eigenvalue weighted by Crippen LogP contribution is 2.25. The summed E-state index contributed by atoms with van der Waals surface area (Å²) in [6.45, 7) is 5.29. The van der Waals surface area contributed by atoms with Crippen LogP contribution in [0.4, 0.5) is 0 Å². The van der Waals surface area contributed by atoms with E-state index in [0.717, 1.165) is 34.8 Å². The van der Waals surface area contributed by atoms with Gasteiger partial charge in [0.1, 0.15) is 5.01 Å². The van der Waals surface area contributed by atoms with Gasteiger partial charge >= 0.3 is 0 Å². The van der Waals surface area contributed by atoms with Gasteiger partial charge in [0.25, 0.3) is 11.5 Å². The molecule has 0 unspecified atom stereocenters. The van der Waals surface area contributed by atoms with Gasteiger partial charge < -0.3 is 4.90 Å². The standard InChI is InChI=1S/C24H22ClN5O2S/c1-16-4-2-3-5-20(16)23(32)29-12-10-28(11-13-29)15-19-14-21(31)30-24(26-19)33-22(27-30)17-6-8-18(25)9-7-17/h2-9,14H,10-13,15H2,1H3. The summed E-state index contributed by atoms with van der Waals surface area (Å²) < 4.78 is 1.34. The number of hydrogen-bond donors (Lipinski definition) is 0. The maximum Gasteiger partial charge on any atom is 0.275 e. The Bertz CT molecular complexity index is 1370. The van der Waals surface area contributed by atoms with Gasteiger partial charge in [-0.15, -0.1) is 0 Å². The van der Waals surface area contributed by atoms with Crippen LogP contribution in [0.15, 0.2) is 59.4 Å². The molecule has 0 N–H and O–H groups in total. The second-order valence-corrected chi connectivity index (χ2v) is 9.47. The number of piperazine rings is 1. The highest BCUT2D eigenvalue weighted by molar-refractivity contribution is 7.19. The maximum atomic E-state index is 12.9. The first-order valence-electron chi connectivity index (χ1n) is 10.7. The van der Waals surface area contributed by atoms with E-state index in [1.54, 1.807) is 18.2 Å². The van der Waals surface area contributed by atoms with E-state index in [-0.39, 0.29) is 11.5 Å². The zero-order valence-corrected chi connectivity index (χ0v) is 19.6. The lowest BCUT2D eigenvalue weighted by Crippen LogP contribution is -2.48. The number of amides is 1. The molecule has 168 valence electrons. The Morgan fingerprint density at radius 1 is 1.06 bits per heavy atom. The number of fused-ring (bicyclic) bond motifs is 1. The van der Waals surface area contributed by atoms with Crippen LogP contribution >= 0.6 is 22.9 Å². The minimum Gasteiger partial charge on any atom is -0.336 e. The number of carbonyl (C=O) groups excluding carboxylic acids is 1. The van der Waals surface area contributed by atoms with E-state index in [2.05, 4.69) is 15.0 Å². The summed E-state index contributed by atoms with van der Waals surface area (Å²) >= 11 is 7.35. The summed E-state index contributed by atoms with van der Waals surface area (Å²) in [7, 11) is 0. The van der Waals surface area contributed by atoms with E-state index in [9.17, 15) is 9.59 Å². The lowest BCUT2D eigenvalue weighted by atomic mass is 10.1. The monoisotopic (exact) mass is 479 g/mol. The smallest absolute Gasteiger partial charge is 0.275 e. The van der Waals surface area contributed by atoms with Crippen LogP contribution in [0.25, 0.3) is 15.5 Å². The number of benzene rings is 2. The molecule has 9 heteroatoms. The van der Waals surface area contributed by atoms with E-state index in [1.807, 2.05) is 48.2 Å². The molecular formula is C24H22ClN5O2S. The van der Waals surface area contributed by atoms with Gasteiger partial charge in [0, 0.05) is 54.9 Å². The summed E-state index contributed by atoms with van der Waals surface area (Å²) in [5, 5.41) is 5.79. The lowest BCUT2D eigenvalue weighted by Gasteiger charge is -2.34. The van der Waals surface area contributed by atoms with Crippen LogP contribution < -0.4 is 5.56 Å². The third kappa shape index (κ3) is 4.55. The molecule has 4 aromatic rings.